The molecule has 0 fully saturated rings. The van der Waals surface area contributed by atoms with Crippen molar-refractivity contribution in [1.82, 2.24) is 20.2 Å². The number of benzene rings is 3. The van der Waals surface area contributed by atoms with E-state index < -0.39 is 0 Å². The minimum absolute atomic E-state index is 0.519. The lowest BCUT2D eigenvalue weighted by molar-refractivity contribution is 0.482. The molecule has 0 spiro atoms. The average molecular weight is 465 g/mol. The number of nitrogens with zero attached hydrogens (tertiary/aromatic N) is 3. The molecule has 7 nitrogen and oxygen atoms in total. The van der Waals surface area contributed by atoms with E-state index in [4.69, 9.17) is 9.72 Å². The summed E-state index contributed by atoms with van der Waals surface area (Å²) >= 11 is 1.61. The zero-order chi connectivity index (χ0) is 22.9. The fraction of sp³-hybridized carbons (Fsp3) is 0.0385. The Hall–Kier alpha value is -4.43. The van der Waals surface area contributed by atoms with Crippen molar-refractivity contribution in [3.05, 3.63) is 89.9 Å². The summed E-state index contributed by atoms with van der Waals surface area (Å²) in [7, 11) is 0. The highest BCUT2D eigenvalue weighted by Gasteiger charge is 2.11. The summed E-state index contributed by atoms with van der Waals surface area (Å²) in [5.41, 5.74) is 4.88. The van der Waals surface area contributed by atoms with Gasteiger partial charge in [0.1, 0.15) is 11.5 Å². The van der Waals surface area contributed by atoms with Crippen LogP contribution in [0.1, 0.15) is 5.56 Å². The van der Waals surface area contributed by atoms with Crippen molar-refractivity contribution < 1.29 is 4.74 Å². The predicted molar refractivity (Wildman–Crippen MR) is 138 cm³/mol. The van der Waals surface area contributed by atoms with Crippen LogP contribution < -0.4 is 15.4 Å². The SMILES string of the molecule is Cc1ccc(Oc2ccc(Nc3nc(Nc4ccc5[nH]ncc5c4)c4sccc4n3)cc2)cc1. The molecule has 6 rings (SSSR count). The van der Waals surface area contributed by atoms with E-state index in [-0.39, 0.29) is 0 Å². The van der Waals surface area contributed by atoms with Gasteiger partial charge in [-0.1, -0.05) is 17.7 Å². The van der Waals surface area contributed by atoms with Crippen LogP contribution in [-0.2, 0) is 0 Å². The largest absolute Gasteiger partial charge is 0.457 e. The van der Waals surface area contributed by atoms with Gasteiger partial charge in [-0.2, -0.15) is 10.1 Å². The van der Waals surface area contributed by atoms with Crippen molar-refractivity contribution in [2.75, 3.05) is 10.6 Å². The second kappa shape index (κ2) is 8.49. The van der Waals surface area contributed by atoms with Gasteiger partial charge in [0.15, 0.2) is 5.82 Å². The number of H-pyrrole nitrogens is 1. The zero-order valence-corrected chi connectivity index (χ0v) is 19.1. The molecule has 166 valence electrons. The third kappa shape index (κ3) is 4.14. The number of anilines is 4. The molecule has 0 atom stereocenters. The summed E-state index contributed by atoms with van der Waals surface area (Å²) in [5.74, 6) is 2.84. The van der Waals surface area contributed by atoms with Gasteiger partial charge in [0.05, 0.1) is 21.9 Å². The number of thiophene rings is 1. The molecular formula is C26H20N6OS. The van der Waals surface area contributed by atoms with Crippen molar-refractivity contribution in [3.8, 4) is 11.5 Å². The molecule has 34 heavy (non-hydrogen) atoms. The molecule has 3 N–H and O–H groups in total. The van der Waals surface area contributed by atoms with Crippen molar-refractivity contribution >= 4 is 55.6 Å². The lowest BCUT2D eigenvalue weighted by Crippen LogP contribution is -2.01. The maximum absolute atomic E-state index is 5.92. The van der Waals surface area contributed by atoms with Crippen LogP contribution in [0.15, 0.2) is 84.4 Å². The summed E-state index contributed by atoms with van der Waals surface area (Å²) in [6, 6.07) is 23.8. The first-order valence-corrected chi connectivity index (χ1v) is 11.6. The van der Waals surface area contributed by atoms with Crippen LogP contribution >= 0.6 is 11.3 Å². The van der Waals surface area contributed by atoms with Crippen LogP contribution in [0, 0.1) is 6.92 Å². The molecule has 3 aromatic carbocycles. The van der Waals surface area contributed by atoms with E-state index in [0.717, 1.165) is 49.8 Å². The topological polar surface area (TPSA) is 87.8 Å². The van der Waals surface area contributed by atoms with E-state index in [0.29, 0.717) is 5.95 Å². The molecule has 6 aromatic rings. The zero-order valence-electron chi connectivity index (χ0n) is 18.2. The molecule has 0 saturated heterocycles. The normalized spacial score (nSPS) is 11.1. The molecule has 0 amide bonds. The fourth-order valence-electron chi connectivity index (χ4n) is 3.64. The Labute approximate surface area is 199 Å². The molecule has 0 unspecified atom stereocenters. The third-order valence-electron chi connectivity index (χ3n) is 5.37. The number of hydrogen-bond donors (Lipinski definition) is 3. The number of rotatable bonds is 6. The standard InChI is InChI=1S/C26H20N6OS/c1-16-2-7-20(8-3-16)33-21-9-4-18(5-10-21)29-26-30-23-12-13-34-24(23)25(31-26)28-19-6-11-22-17(14-19)15-27-32-22/h2-15H,1H3,(H,27,32)(H2,28,29,30,31). The minimum Gasteiger partial charge on any atom is -0.457 e. The van der Waals surface area contributed by atoms with Crippen molar-refractivity contribution in [2.45, 2.75) is 6.92 Å². The van der Waals surface area contributed by atoms with Gasteiger partial charge in [0.2, 0.25) is 5.95 Å². The van der Waals surface area contributed by atoms with Crippen LogP contribution in [0.2, 0.25) is 0 Å². The van der Waals surface area contributed by atoms with E-state index in [1.54, 1.807) is 17.5 Å². The van der Waals surface area contributed by atoms with E-state index in [1.807, 2.05) is 78.2 Å². The Morgan fingerprint density at radius 1 is 0.824 bits per heavy atom. The summed E-state index contributed by atoms with van der Waals surface area (Å²) < 4.78 is 6.92. The van der Waals surface area contributed by atoms with E-state index >= 15 is 0 Å². The van der Waals surface area contributed by atoms with E-state index in [2.05, 4.69) is 32.7 Å². The summed E-state index contributed by atoms with van der Waals surface area (Å²) in [6.45, 7) is 2.05. The van der Waals surface area contributed by atoms with Crippen LogP contribution in [0.5, 0.6) is 11.5 Å². The fourth-order valence-corrected chi connectivity index (χ4v) is 4.41. The Bertz CT molecular complexity index is 1590. The maximum atomic E-state index is 5.92. The highest BCUT2D eigenvalue weighted by Crippen LogP contribution is 2.31. The first kappa shape index (κ1) is 20.2. The summed E-state index contributed by atoms with van der Waals surface area (Å²) in [5, 5.41) is 16.9. The molecule has 0 radical (unpaired) electrons. The number of fused-ring (bicyclic) bond motifs is 2. The van der Waals surface area contributed by atoms with Gasteiger partial charge in [0.25, 0.3) is 0 Å². The molecule has 0 aliphatic heterocycles. The average Bonchev–Trinajstić information content (AvgIpc) is 3.51. The molecular weight excluding hydrogens is 444 g/mol. The monoisotopic (exact) mass is 464 g/mol. The molecule has 3 heterocycles. The number of aromatic amines is 1. The van der Waals surface area contributed by atoms with Crippen molar-refractivity contribution in [3.63, 3.8) is 0 Å². The van der Waals surface area contributed by atoms with Gasteiger partial charge in [0, 0.05) is 16.8 Å². The second-order valence-corrected chi connectivity index (χ2v) is 8.81. The summed E-state index contributed by atoms with van der Waals surface area (Å²) in [4.78, 5) is 9.43. The molecule has 3 aromatic heterocycles. The molecule has 0 bridgehead atoms. The number of hydrogen-bond acceptors (Lipinski definition) is 7. The van der Waals surface area contributed by atoms with Gasteiger partial charge in [-0.05, 0) is 73.0 Å². The molecule has 0 aliphatic rings. The predicted octanol–water partition coefficient (Wildman–Crippen LogP) is 7.16. The highest BCUT2D eigenvalue weighted by atomic mass is 32.1. The van der Waals surface area contributed by atoms with Gasteiger partial charge < -0.3 is 15.4 Å². The molecule has 0 aliphatic carbocycles. The first-order chi connectivity index (χ1) is 16.7. The lowest BCUT2D eigenvalue weighted by atomic mass is 10.2. The summed E-state index contributed by atoms with van der Waals surface area (Å²) in [6.07, 6.45) is 1.81. The van der Waals surface area contributed by atoms with Crippen LogP contribution in [0.4, 0.5) is 23.1 Å². The third-order valence-corrected chi connectivity index (χ3v) is 6.28. The van der Waals surface area contributed by atoms with Crippen molar-refractivity contribution in [1.29, 1.82) is 0 Å². The first-order valence-electron chi connectivity index (χ1n) is 10.8. The van der Waals surface area contributed by atoms with Crippen LogP contribution in [0.25, 0.3) is 21.1 Å². The Morgan fingerprint density at radius 3 is 2.41 bits per heavy atom. The lowest BCUT2D eigenvalue weighted by Gasteiger charge is -2.11. The smallest absolute Gasteiger partial charge is 0.229 e. The Kier molecular flexibility index (Phi) is 5.04. The van der Waals surface area contributed by atoms with E-state index in [1.165, 1.54) is 5.56 Å². The highest BCUT2D eigenvalue weighted by molar-refractivity contribution is 7.17. The van der Waals surface area contributed by atoms with Gasteiger partial charge in [-0.15, -0.1) is 11.3 Å². The van der Waals surface area contributed by atoms with Gasteiger partial charge in [-0.3, -0.25) is 5.10 Å². The quantitative estimate of drug-likeness (QED) is 0.242. The van der Waals surface area contributed by atoms with Gasteiger partial charge in [-0.25, -0.2) is 4.98 Å². The molecule has 8 heteroatoms. The number of aryl methyl sites for hydroxylation is 1. The maximum Gasteiger partial charge on any atom is 0.229 e. The Morgan fingerprint density at radius 2 is 1.59 bits per heavy atom. The Balaban J connectivity index is 1.23. The van der Waals surface area contributed by atoms with Crippen LogP contribution in [-0.4, -0.2) is 20.2 Å². The molecule has 0 saturated carbocycles. The number of ether oxygens (including phenoxy) is 1. The van der Waals surface area contributed by atoms with Crippen molar-refractivity contribution in [2.24, 2.45) is 0 Å². The van der Waals surface area contributed by atoms with E-state index in [9.17, 15) is 0 Å². The number of nitrogens with one attached hydrogen (secondary N) is 3. The number of aromatic nitrogens is 4. The second-order valence-electron chi connectivity index (χ2n) is 7.89. The van der Waals surface area contributed by atoms with Crippen LogP contribution in [0.3, 0.4) is 0 Å². The van der Waals surface area contributed by atoms with Gasteiger partial charge >= 0.3 is 0 Å². The minimum atomic E-state index is 0.519.